The minimum atomic E-state index is -1.04. The van der Waals surface area contributed by atoms with Crippen molar-refractivity contribution in [3.63, 3.8) is 0 Å². The van der Waals surface area contributed by atoms with Crippen molar-refractivity contribution in [1.29, 1.82) is 0 Å². The third kappa shape index (κ3) is 4.54. The molecule has 0 aliphatic heterocycles. The number of hydrogen-bond acceptors (Lipinski definition) is 2. The highest BCUT2D eigenvalue weighted by Crippen LogP contribution is 1.80. The Morgan fingerprint density at radius 3 is 2.50 bits per heavy atom. The minimum absolute atomic E-state index is 0.438. The maximum absolute atomic E-state index is 10.8. The standard InChI is InChI=1S/C7H14N2O3/c1-3-4-8-7(12)9-5(2)6(10)11/h5H,3-4H2,1-2H3,(H,10,11)(H2,8,9,12)/t5-/m0/s1. The van der Waals surface area contributed by atoms with Gasteiger partial charge in [-0.25, -0.2) is 4.79 Å². The highest BCUT2D eigenvalue weighted by molar-refractivity contribution is 5.82. The highest BCUT2D eigenvalue weighted by Gasteiger charge is 2.12. The Hall–Kier alpha value is -1.26. The molecule has 12 heavy (non-hydrogen) atoms. The van der Waals surface area contributed by atoms with Crippen LogP contribution in [-0.4, -0.2) is 29.7 Å². The lowest BCUT2D eigenvalue weighted by atomic mass is 10.3. The number of rotatable bonds is 4. The molecule has 0 aromatic rings. The highest BCUT2D eigenvalue weighted by atomic mass is 16.4. The molecule has 5 nitrogen and oxygen atoms in total. The largest absolute Gasteiger partial charge is 0.480 e. The number of carboxylic acids is 1. The van der Waals surface area contributed by atoms with Crippen molar-refractivity contribution in [3.05, 3.63) is 0 Å². The minimum Gasteiger partial charge on any atom is -0.480 e. The number of amides is 2. The van der Waals surface area contributed by atoms with E-state index in [1.54, 1.807) is 0 Å². The van der Waals surface area contributed by atoms with Gasteiger partial charge in [0.1, 0.15) is 6.04 Å². The van der Waals surface area contributed by atoms with Gasteiger partial charge >= 0.3 is 12.0 Å². The number of nitrogens with one attached hydrogen (secondary N) is 2. The quantitative estimate of drug-likeness (QED) is 0.568. The summed E-state index contributed by atoms with van der Waals surface area (Å²) in [6.45, 7) is 3.88. The summed E-state index contributed by atoms with van der Waals surface area (Å²) in [7, 11) is 0. The lowest BCUT2D eigenvalue weighted by molar-refractivity contribution is -0.138. The third-order valence-electron chi connectivity index (χ3n) is 1.25. The van der Waals surface area contributed by atoms with Gasteiger partial charge in [-0.15, -0.1) is 0 Å². The van der Waals surface area contributed by atoms with Gasteiger partial charge in [0.2, 0.25) is 0 Å². The molecule has 1 atom stereocenters. The summed E-state index contributed by atoms with van der Waals surface area (Å²) in [5.41, 5.74) is 0. The Kier molecular flexibility index (Phi) is 4.83. The number of carbonyl (C=O) groups excluding carboxylic acids is 1. The van der Waals surface area contributed by atoms with Crippen LogP contribution in [0.2, 0.25) is 0 Å². The fraction of sp³-hybridized carbons (Fsp3) is 0.714. The second kappa shape index (κ2) is 5.40. The van der Waals surface area contributed by atoms with Gasteiger partial charge < -0.3 is 15.7 Å². The predicted molar refractivity (Wildman–Crippen MR) is 43.9 cm³/mol. The van der Waals surface area contributed by atoms with Gasteiger partial charge in [-0.2, -0.15) is 0 Å². The van der Waals surface area contributed by atoms with Gasteiger partial charge in [-0.05, 0) is 13.3 Å². The molecule has 0 unspecified atom stereocenters. The average molecular weight is 174 g/mol. The van der Waals surface area contributed by atoms with E-state index in [2.05, 4.69) is 10.6 Å². The van der Waals surface area contributed by atoms with E-state index in [0.717, 1.165) is 6.42 Å². The number of carbonyl (C=O) groups is 2. The molecule has 0 bridgehead atoms. The molecular formula is C7H14N2O3. The molecule has 0 aromatic carbocycles. The molecule has 0 aliphatic carbocycles. The van der Waals surface area contributed by atoms with Crippen molar-refractivity contribution in [2.75, 3.05) is 6.54 Å². The lowest BCUT2D eigenvalue weighted by Gasteiger charge is -2.09. The van der Waals surface area contributed by atoms with Gasteiger partial charge in [0.05, 0.1) is 0 Å². The van der Waals surface area contributed by atoms with Crippen LogP contribution in [0.15, 0.2) is 0 Å². The second-order valence-electron chi connectivity index (χ2n) is 2.46. The average Bonchev–Trinajstić information content (AvgIpc) is 2.00. The summed E-state index contributed by atoms with van der Waals surface area (Å²) in [5, 5.41) is 13.2. The summed E-state index contributed by atoms with van der Waals surface area (Å²) in [6, 6.07) is -1.28. The first-order chi connectivity index (χ1) is 5.57. The fourth-order valence-corrected chi connectivity index (χ4v) is 0.548. The number of aliphatic carboxylic acids is 1. The summed E-state index contributed by atoms with van der Waals surface area (Å²) < 4.78 is 0. The first-order valence-corrected chi connectivity index (χ1v) is 3.85. The Bertz CT molecular complexity index is 170. The van der Waals surface area contributed by atoms with Crippen molar-refractivity contribution in [1.82, 2.24) is 10.6 Å². The topological polar surface area (TPSA) is 78.4 Å². The Morgan fingerprint density at radius 2 is 2.08 bits per heavy atom. The summed E-state index contributed by atoms with van der Waals surface area (Å²) >= 11 is 0. The van der Waals surface area contributed by atoms with E-state index in [1.165, 1.54) is 6.92 Å². The van der Waals surface area contributed by atoms with Crippen LogP contribution in [0.25, 0.3) is 0 Å². The zero-order valence-corrected chi connectivity index (χ0v) is 7.26. The molecule has 2 amide bonds. The maximum atomic E-state index is 10.8. The van der Waals surface area contributed by atoms with Crippen molar-refractivity contribution in [2.45, 2.75) is 26.3 Å². The number of hydrogen-bond donors (Lipinski definition) is 3. The van der Waals surface area contributed by atoms with Crippen LogP contribution in [0, 0.1) is 0 Å². The van der Waals surface area contributed by atoms with Gasteiger partial charge in [-0.1, -0.05) is 6.92 Å². The molecule has 0 spiro atoms. The first kappa shape index (κ1) is 10.7. The van der Waals surface area contributed by atoms with Crippen molar-refractivity contribution in [2.24, 2.45) is 0 Å². The first-order valence-electron chi connectivity index (χ1n) is 3.85. The third-order valence-corrected chi connectivity index (χ3v) is 1.25. The zero-order chi connectivity index (χ0) is 9.56. The summed E-state index contributed by atoms with van der Waals surface area (Å²) in [6.07, 6.45) is 0.828. The summed E-state index contributed by atoms with van der Waals surface area (Å²) in [5.74, 6) is -1.04. The fourth-order valence-electron chi connectivity index (χ4n) is 0.548. The van der Waals surface area contributed by atoms with Crippen LogP contribution in [0.4, 0.5) is 4.79 Å². The van der Waals surface area contributed by atoms with E-state index in [-0.39, 0.29) is 0 Å². The zero-order valence-electron chi connectivity index (χ0n) is 7.26. The Morgan fingerprint density at radius 1 is 1.50 bits per heavy atom. The second-order valence-corrected chi connectivity index (χ2v) is 2.46. The van der Waals surface area contributed by atoms with Crippen LogP contribution in [0.3, 0.4) is 0 Å². The Labute approximate surface area is 71.1 Å². The molecule has 5 heteroatoms. The SMILES string of the molecule is CCCNC(=O)N[C@@H](C)C(=O)O. The van der Waals surface area contributed by atoms with Gasteiger partial charge in [-0.3, -0.25) is 4.79 Å². The molecule has 0 saturated carbocycles. The van der Waals surface area contributed by atoms with Crippen LogP contribution in [0.5, 0.6) is 0 Å². The Balaban J connectivity index is 3.61. The molecule has 70 valence electrons. The van der Waals surface area contributed by atoms with E-state index >= 15 is 0 Å². The van der Waals surface area contributed by atoms with E-state index in [4.69, 9.17) is 5.11 Å². The monoisotopic (exact) mass is 174 g/mol. The molecule has 0 saturated heterocycles. The van der Waals surface area contributed by atoms with E-state index < -0.39 is 18.0 Å². The molecule has 0 fully saturated rings. The molecule has 0 rings (SSSR count). The molecule has 0 radical (unpaired) electrons. The van der Waals surface area contributed by atoms with E-state index in [9.17, 15) is 9.59 Å². The molecule has 0 aromatic heterocycles. The number of carboxylic acid groups (broad SMARTS) is 1. The van der Waals surface area contributed by atoms with Crippen LogP contribution in [0.1, 0.15) is 20.3 Å². The van der Waals surface area contributed by atoms with Gasteiger partial charge in [0.15, 0.2) is 0 Å². The van der Waals surface area contributed by atoms with Crippen molar-refractivity contribution >= 4 is 12.0 Å². The van der Waals surface area contributed by atoms with Crippen LogP contribution >= 0.6 is 0 Å². The maximum Gasteiger partial charge on any atom is 0.325 e. The van der Waals surface area contributed by atoms with Crippen molar-refractivity contribution < 1.29 is 14.7 Å². The van der Waals surface area contributed by atoms with Gasteiger partial charge in [0, 0.05) is 6.54 Å². The van der Waals surface area contributed by atoms with Crippen LogP contribution in [-0.2, 0) is 4.79 Å². The van der Waals surface area contributed by atoms with E-state index in [0.29, 0.717) is 6.54 Å². The van der Waals surface area contributed by atoms with E-state index in [1.807, 2.05) is 6.92 Å². The summed E-state index contributed by atoms with van der Waals surface area (Å²) in [4.78, 5) is 21.1. The molecule has 0 aliphatic rings. The molecular weight excluding hydrogens is 160 g/mol. The number of urea groups is 1. The normalized spacial score (nSPS) is 11.8. The molecule has 0 heterocycles. The van der Waals surface area contributed by atoms with Crippen LogP contribution < -0.4 is 10.6 Å². The lowest BCUT2D eigenvalue weighted by Crippen LogP contribution is -2.44. The predicted octanol–water partition coefficient (Wildman–Crippen LogP) is 0.169. The molecule has 3 N–H and O–H groups in total. The smallest absolute Gasteiger partial charge is 0.325 e. The van der Waals surface area contributed by atoms with Gasteiger partial charge in [0.25, 0.3) is 0 Å². The van der Waals surface area contributed by atoms with Crippen molar-refractivity contribution in [3.8, 4) is 0 Å².